The van der Waals surface area contributed by atoms with Crippen LogP contribution < -0.4 is 16.0 Å². The van der Waals surface area contributed by atoms with E-state index in [0.29, 0.717) is 6.42 Å². The van der Waals surface area contributed by atoms with Gasteiger partial charge in [0, 0.05) is 32.0 Å². The number of anilines is 1. The molecule has 0 aliphatic heterocycles. The van der Waals surface area contributed by atoms with Crippen molar-refractivity contribution in [3.05, 3.63) is 22.8 Å². The zero-order chi connectivity index (χ0) is 24.7. The first-order chi connectivity index (χ1) is 14.7. The van der Waals surface area contributed by atoms with Crippen molar-refractivity contribution >= 4 is 40.9 Å². The van der Waals surface area contributed by atoms with Crippen LogP contribution in [0.1, 0.15) is 50.4 Å². The Morgan fingerprint density at radius 1 is 1.25 bits per heavy atom. The number of hydrogen-bond acceptors (Lipinski definition) is 5. The largest absolute Gasteiger partial charge is 0.353 e. The smallest absolute Gasteiger partial charge is 0.289 e. The molecule has 32 heavy (non-hydrogen) atoms. The molecule has 1 aliphatic carbocycles. The fourth-order valence-electron chi connectivity index (χ4n) is 2.25. The molecule has 1 aromatic rings. The third-order valence-electron chi connectivity index (χ3n) is 4.53. The van der Waals surface area contributed by atoms with E-state index < -0.39 is 60.4 Å². The Bertz CT molecular complexity index is 867. The van der Waals surface area contributed by atoms with Crippen LogP contribution in [0.15, 0.2) is 12.3 Å². The molecule has 0 aromatic carbocycles. The van der Waals surface area contributed by atoms with E-state index in [-0.39, 0.29) is 16.4 Å². The number of alkyl halides is 3. The lowest BCUT2D eigenvalue weighted by Crippen LogP contribution is -2.42. The highest BCUT2D eigenvalue weighted by Crippen LogP contribution is 2.42. The summed E-state index contributed by atoms with van der Waals surface area (Å²) in [6, 6.07) is 1.19. The molecule has 12 heteroatoms. The number of pyridine rings is 1. The molecule has 0 saturated heterocycles. The molecule has 3 N–H and O–H groups in total. The van der Waals surface area contributed by atoms with Crippen LogP contribution in [-0.2, 0) is 14.4 Å². The van der Waals surface area contributed by atoms with Crippen molar-refractivity contribution in [2.45, 2.75) is 51.6 Å². The molecule has 1 fully saturated rings. The van der Waals surface area contributed by atoms with Gasteiger partial charge in [-0.05, 0) is 26.3 Å². The zero-order valence-electron chi connectivity index (χ0n) is 18.2. The predicted octanol–water partition coefficient (Wildman–Crippen LogP) is 2.91. The lowest BCUT2D eigenvalue weighted by molar-refractivity contribution is -0.145. The molecular formula is C20H26ClF3N4O4. The molecule has 1 heterocycles. The summed E-state index contributed by atoms with van der Waals surface area (Å²) in [5.74, 6) is -7.19. The number of likely N-dealkylation sites (N-methyl/N-ethyl adjacent to an activating group) is 1. The first kappa shape index (κ1) is 27.3. The Kier molecular flexibility index (Phi) is 9.62. The molecule has 0 spiro atoms. The summed E-state index contributed by atoms with van der Waals surface area (Å²) >= 11 is 5.79. The van der Waals surface area contributed by atoms with Gasteiger partial charge in [-0.3, -0.25) is 19.2 Å². The van der Waals surface area contributed by atoms with Crippen molar-refractivity contribution in [3.63, 3.8) is 0 Å². The lowest BCUT2D eigenvalue weighted by atomic mass is 9.81. The molecular weight excluding hydrogens is 453 g/mol. The van der Waals surface area contributed by atoms with Crippen LogP contribution in [-0.4, -0.2) is 53.7 Å². The Morgan fingerprint density at radius 2 is 1.81 bits per heavy atom. The second-order valence-electron chi connectivity index (χ2n) is 7.76. The fraction of sp³-hybridized carbons (Fsp3) is 0.550. The second kappa shape index (κ2) is 11.3. The predicted molar refractivity (Wildman–Crippen MR) is 112 cm³/mol. The van der Waals surface area contributed by atoms with E-state index in [2.05, 4.69) is 20.9 Å². The number of Topliss-reactive ketones (excluding diaryl/α,β-unsaturated/α-hetero) is 1. The summed E-state index contributed by atoms with van der Waals surface area (Å²) in [7, 11) is 1.26. The van der Waals surface area contributed by atoms with Gasteiger partial charge in [0.25, 0.3) is 11.8 Å². The van der Waals surface area contributed by atoms with E-state index in [9.17, 15) is 32.3 Å². The van der Waals surface area contributed by atoms with Gasteiger partial charge in [0.2, 0.25) is 17.6 Å². The number of nitrogens with zero attached hydrogens (tertiary/aromatic N) is 1. The lowest BCUT2D eigenvalue weighted by Gasteiger charge is -2.33. The van der Waals surface area contributed by atoms with E-state index in [4.69, 9.17) is 11.6 Å². The summed E-state index contributed by atoms with van der Waals surface area (Å²) in [4.78, 5) is 50.6. The maximum absolute atomic E-state index is 12.9. The zero-order valence-corrected chi connectivity index (χ0v) is 18.9. The van der Waals surface area contributed by atoms with Gasteiger partial charge in [-0.2, -0.15) is 0 Å². The van der Waals surface area contributed by atoms with E-state index in [1.165, 1.54) is 19.3 Å². The summed E-state index contributed by atoms with van der Waals surface area (Å²) in [6.07, 6.45) is 0.620. The minimum absolute atomic E-state index is 0.0842. The van der Waals surface area contributed by atoms with Crippen molar-refractivity contribution in [2.24, 2.45) is 5.92 Å². The minimum Gasteiger partial charge on any atom is -0.353 e. The van der Waals surface area contributed by atoms with Gasteiger partial charge < -0.3 is 16.0 Å². The number of ketones is 1. The highest BCUT2D eigenvalue weighted by atomic mass is 35.5. The van der Waals surface area contributed by atoms with Gasteiger partial charge in [-0.1, -0.05) is 18.5 Å². The Balaban J connectivity index is 0.000000751. The molecule has 3 amide bonds. The maximum Gasteiger partial charge on any atom is 0.289 e. The van der Waals surface area contributed by atoms with Gasteiger partial charge in [0.05, 0.1) is 17.1 Å². The second-order valence-corrected chi connectivity index (χ2v) is 8.19. The van der Waals surface area contributed by atoms with E-state index in [1.807, 2.05) is 6.92 Å². The fourth-order valence-corrected chi connectivity index (χ4v) is 2.41. The van der Waals surface area contributed by atoms with Crippen molar-refractivity contribution < 1.29 is 32.3 Å². The SMILES string of the molecule is CCC(C)(C)F.CNC(=O)C(=O)CNC(=O)c1cc(Cl)cnc1NC(=O)C1CC(F)(F)C1. The third-order valence-corrected chi connectivity index (χ3v) is 4.74. The minimum atomic E-state index is -2.87. The average molecular weight is 479 g/mol. The molecule has 8 nitrogen and oxygen atoms in total. The van der Waals surface area contributed by atoms with Crippen molar-refractivity contribution in [3.8, 4) is 0 Å². The quantitative estimate of drug-likeness (QED) is 0.521. The summed E-state index contributed by atoms with van der Waals surface area (Å²) in [5, 5.41) is 6.72. The van der Waals surface area contributed by atoms with Crippen molar-refractivity contribution in [1.82, 2.24) is 15.6 Å². The number of hydrogen-bond donors (Lipinski definition) is 3. The molecule has 0 radical (unpaired) electrons. The summed E-state index contributed by atoms with van der Waals surface area (Å²) < 4.78 is 37.9. The highest BCUT2D eigenvalue weighted by Gasteiger charge is 2.48. The monoisotopic (exact) mass is 478 g/mol. The molecule has 178 valence electrons. The summed E-state index contributed by atoms with van der Waals surface area (Å²) in [5.41, 5.74) is -1.12. The Morgan fingerprint density at radius 3 is 2.28 bits per heavy atom. The van der Waals surface area contributed by atoms with Crippen LogP contribution in [0.4, 0.5) is 19.0 Å². The van der Waals surface area contributed by atoms with Crippen LogP contribution in [0.3, 0.4) is 0 Å². The van der Waals surface area contributed by atoms with Crippen LogP contribution in [0.2, 0.25) is 5.02 Å². The normalized spacial score (nSPS) is 14.9. The maximum atomic E-state index is 12.9. The van der Waals surface area contributed by atoms with Gasteiger partial charge in [-0.15, -0.1) is 0 Å². The van der Waals surface area contributed by atoms with Gasteiger partial charge in [-0.25, -0.2) is 18.2 Å². The molecule has 1 saturated carbocycles. The molecule has 1 aromatic heterocycles. The molecule has 0 unspecified atom stereocenters. The van der Waals surface area contributed by atoms with Gasteiger partial charge in [0.1, 0.15) is 11.5 Å². The van der Waals surface area contributed by atoms with E-state index >= 15 is 0 Å². The summed E-state index contributed by atoms with van der Waals surface area (Å²) in [6.45, 7) is 4.41. The molecule has 0 bridgehead atoms. The number of carbonyl (C=O) groups excluding carboxylic acids is 4. The van der Waals surface area contributed by atoms with Gasteiger partial charge >= 0.3 is 0 Å². The average Bonchev–Trinajstić information content (AvgIpc) is 2.70. The number of amides is 3. The topological polar surface area (TPSA) is 117 Å². The standard InChI is InChI=1S/C15H15ClF2N4O4.C5H11F/c1-19-14(26)10(23)6-21-13(25)9-2-8(16)5-20-11(9)22-12(24)7-3-15(17,18)4-7;1-4-5(2,3)6/h2,5,7H,3-4,6H2,1H3,(H,19,26)(H,21,25)(H,20,22,24);4H2,1-3H3. The van der Waals surface area contributed by atoms with Crippen molar-refractivity contribution in [2.75, 3.05) is 18.9 Å². The molecule has 1 aliphatic rings. The number of nitrogens with one attached hydrogen (secondary N) is 3. The molecule has 0 atom stereocenters. The Hall–Kier alpha value is -2.69. The van der Waals surface area contributed by atoms with Crippen LogP contribution in [0, 0.1) is 5.92 Å². The third kappa shape index (κ3) is 8.81. The van der Waals surface area contributed by atoms with Crippen molar-refractivity contribution in [1.29, 1.82) is 0 Å². The van der Waals surface area contributed by atoms with Crippen LogP contribution in [0.5, 0.6) is 0 Å². The Labute approximate surface area is 188 Å². The number of carbonyl (C=O) groups is 4. The highest BCUT2D eigenvalue weighted by molar-refractivity contribution is 6.37. The molecule has 2 rings (SSSR count). The first-order valence-electron chi connectivity index (χ1n) is 9.75. The first-order valence-corrected chi connectivity index (χ1v) is 10.1. The number of aromatic nitrogens is 1. The number of halogens is 4. The van der Waals surface area contributed by atoms with E-state index in [0.717, 1.165) is 0 Å². The van der Waals surface area contributed by atoms with Gasteiger partial charge in [0.15, 0.2) is 0 Å². The van der Waals surface area contributed by atoms with E-state index in [1.54, 1.807) is 13.8 Å². The van der Waals surface area contributed by atoms with Crippen LogP contribution >= 0.6 is 11.6 Å². The number of rotatable bonds is 7. The van der Waals surface area contributed by atoms with Crippen LogP contribution in [0.25, 0.3) is 0 Å².